The summed E-state index contributed by atoms with van der Waals surface area (Å²) in [5, 5.41) is 4.13. The molecule has 0 unspecified atom stereocenters. The molecule has 5 heteroatoms. The van der Waals surface area contributed by atoms with Crippen LogP contribution in [0.1, 0.15) is 24.0 Å². The third kappa shape index (κ3) is 2.68. The zero-order valence-corrected chi connectivity index (χ0v) is 10.1. The molecule has 0 radical (unpaired) electrons. The van der Waals surface area contributed by atoms with Crippen LogP contribution in [0.15, 0.2) is 22.9 Å². The van der Waals surface area contributed by atoms with Gasteiger partial charge < -0.3 is 14.9 Å². The van der Waals surface area contributed by atoms with E-state index in [1.165, 1.54) is 0 Å². The van der Waals surface area contributed by atoms with Gasteiger partial charge in [0.05, 0.1) is 12.4 Å². The van der Waals surface area contributed by atoms with Crippen molar-refractivity contribution < 1.29 is 9.15 Å². The molecule has 0 saturated carbocycles. The molecule has 0 aliphatic rings. The Balaban J connectivity index is 1.97. The second-order valence-electron chi connectivity index (χ2n) is 3.82. The van der Waals surface area contributed by atoms with Crippen molar-refractivity contribution in [3.8, 4) is 5.75 Å². The van der Waals surface area contributed by atoms with Crippen molar-refractivity contribution in [1.29, 1.82) is 0 Å². The third-order valence-corrected chi connectivity index (χ3v) is 2.61. The first-order valence-corrected chi connectivity index (χ1v) is 5.66. The average molecular weight is 235 g/mol. The van der Waals surface area contributed by atoms with Crippen molar-refractivity contribution >= 4 is 0 Å². The third-order valence-electron chi connectivity index (χ3n) is 2.61. The smallest absolute Gasteiger partial charge is 0.157 e. The van der Waals surface area contributed by atoms with E-state index in [1.807, 2.05) is 30.8 Å². The lowest BCUT2D eigenvalue weighted by Crippen LogP contribution is -1.96. The van der Waals surface area contributed by atoms with Crippen LogP contribution in [0, 0.1) is 6.92 Å². The number of rotatable bonds is 5. The van der Waals surface area contributed by atoms with Crippen LogP contribution < -0.4 is 10.5 Å². The Morgan fingerprint density at radius 1 is 1.53 bits per heavy atom. The molecule has 0 spiro atoms. The standard InChI is InChI=1S/C12H17N3O2/c1-3-15-7-12(6-14-15)16-8-11-4-10(5-13)9(2)17-11/h4,6-7H,3,5,8,13H2,1-2H3. The van der Waals surface area contributed by atoms with E-state index in [4.69, 9.17) is 14.9 Å². The summed E-state index contributed by atoms with van der Waals surface area (Å²) in [5.41, 5.74) is 6.60. The largest absolute Gasteiger partial charge is 0.482 e. The minimum absolute atomic E-state index is 0.399. The van der Waals surface area contributed by atoms with Crippen molar-refractivity contribution in [2.75, 3.05) is 0 Å². The number of aryl methyl sites for hydroxylation is 2. The van der Waals surface area contributed by atoms with Crippen LogP contribution in [0.25, 0.3) is 0 Å². The molecule has 17 heavy (non-hydrogen) atoms. The molecule has 92 valence electrons. The van der Waals surface area contributed by atoms with Crippen LogP contribution in [-0.4, -0.2) is 9.78 Å². The molecule has 2 N–H and O–H groups in total. The molecule has 2 heterocycles. The quantitative estimate of drug-likeness (QED) is 0.858. The summed E-state index contributed by atoms with van der Waals surface area (Å²) in [5.74, 6) is 2.39. The van der Waals surface area contributed by atoms with E-state index in [2.05, 4.69) is 5.10 Å². The summed E-state index contributed by atoms with van der Waals surface area (Å²) < 4.78 is 12.9. The number of nitrogens with two attached hydrogens (primary N) is 1. The van der Waals surface area contributed by atoms with Gasteiger partial charge in [-0.15, -0.1) is 0 Å². The van der Waals surface area contributed by atoms with Gasteiger partial charge in [-0.25, -0.2) is 0 Å². The van der Waals surface area contributed by atoms with E-state index in [1.54, 1.807) is 6.20 Å². The number of aromatic nitrogens is 2. The molecule has 0 aromatic carbocycles. The molecular formula is C12H17N3O2. The highest BCUT2D eigenvalue weighted by atomic mass is 16.5. The molecule has 0 aliphatic carbocycles. The van der Waals surface area contributed by atoms with E-state index in [0.29, 0.717) is 13.2 Å². The van der Waals surface area contributed by atoms with Gasteiger partial charge in [0.15, 0.2) is 5.75 Å². The molecule has 2 aromatic heterocycles. The Hall–Kier alpha value is -1.75. The molecule has 0 saturated heterocycles. The van der Waals surface area contributed by atoms with Gasteiger partial charge in [-0.3, -0.25) is 4.68 Å². The number of nitrogens with zero attached hydrogens (tertiary/aromatic N) is 2. The zero-order valence-electron chi connectivity index (χ0n) is 10.1. The lowest BCUT2D eigenvalue weighted by atomic mass is 10.2. The van der Waals surface area contributed by atoms with E-state index >= 15 is 0 Å². The lowest BCUT2D eigenvalue weighted by Gasteiger charge is -1.99. The van der Waals surface area contributed by atoms with Crippen LogP contribution in [0.4, 0.5) is 0 Å². The fraction of sp³-hybridized carbons (Fsp3) is 0.417. The van der Waals surface area contributed by atoms with Crippen molar-refractivity contribution in [3.05, 3.63) is 35.5 Å². The van der Waals surface area contributed by atoms with Gasteiger partial charge in [0.25, 0.3) is 0 Å². The molecule has 5 nitrogen and oxygen atoms in total. The molecule has 0 atom stereocenters. The van der Waals surface area contributed by atoms with Crippen molar-refractivity contribution in [2.24, 2.45) is 5.73 Å². The second-order valence-corrected chi connectivity index (χ2v) is 3.82. The Kier molecular flexibility index (Phi) is 3.49. The van der Waals surface area contributed by atoms with E-state index in [-0.39, 0.29) is 0 Å². The maximum Gasteiger partial charge on any atom is 0.157 e. The first kappa shape index (κ1) is 11.7. The second kappa shape index (κ2) is 5.05. The Morgan fingerprint density at radius 3 is 2.94 bits per heavy atom. The molecular weight excluding hydrogens is 218 g/mol. The Bertz CT molecular complexity index is 488. The molecule has 0 bridgehead atoms. The lowest BCUT2D eigenvalue weighted by molar-refractivity contribution is 0.267. The van der Waals surface area contributed by atoms with Gasteiger partial charge in [-0.1, -0.05) is 0 Å². The topological polar surface area (TPSA) is 66.2 Å². The molecule has 2 rings (SSSR count). The Morgan fingerprint density at radius 2 is 2.35 bits per heavy atom. The molecule has 2 aromatic rings. The van der Waals surface area contributed by atoms with Gasteiger partial charge in [-0.05, 0) is 19.9 Å². The van der Waals surface area contributed by atoms with Crippen LogP contribution in [0.3, 0.4) is 0 Å². The van der Waals surface area contributed by atoms with Crippen LogP contribution >= 0.6 is 0 Å². The number of ether oxygens (including phenoxy) is 1. The maximum absolute atomic E-state index is 5.58. The number of hydrogen-bond donors (Lipinski definition) is 1. The van der Waals surface area contributed by atoms with Crippen LogP contribution in [0.5, 0.6) is 5.75 Å². The van der Waals surface area contributed by atoms with E-state index in [0.717, 1.165) is 29.4 Å². The van der Waals surface area contributed by atoms with Crippen molar-refractivity contribution in [2.45, 2.75) is 33.5 Å². The Labute approximate surface area is 100 Å². The molecule has 0 aliphatic heterocycles. The highest BCUT2D eigenvalue weighted by molar-refractivity contribution is 5.20. The van der Waals surface area contributed by atoms with Crippen LogP contribution in [-0.2, 0) is 19.7 Å². The van der Waals surface area contributed by atoms with Crippen molar-refractivity contribution in [1.82, 2.24) is 9.78 Å². The monoisotopic (exact) mass is 235 g/mol. The minimum atomic E-state index is 0.399. The number of hydrogen-bond acceptors (Lipinski definition) is 4. The maximum atomic E-state index is 5.58. The predicted octanol–water partition coefficient (Wildman–Crippen LogP) is 1.84. The van der Waals surface area contributed by atoms with Gasteiger partial charge in [0.1, 0.15) is 18.1 Å². The summed E-state index contributed by atoms with van der Waals surface area (Å²) in [6.07, 6.45) is 3.56. The van der Waals surface area contributed by atoms with Gasteiger partial charge in [0, 0.05) is 18.7 Å². The normalized spacial score (nSPS) is 10.8. The van der Waals surface area contributed by atoms with E-state index < -0.39 is 0 Å². The predicted molar refractivity (Wildman–Crippen MR) is 63.6 cm³/mol. The average Bonchev–Trinajstić information content (AvgIpc) is 2.92. The number of furan rings is 1. The summed E-state index contributed by atoms with van der Waals surface area (Å²) >= 11 is 0. The summed E-state index contributed by atoms with van der Waals surface area (Å²) in [6.45, 7) is 5.65. The molecule has 0 fully saturated rings. The first-order chi connectivity index (χ1) is 8.22. The van der Waals surface area contributed by atoms with Gasteiger partial charge >= 0.3 is 0 Å². The van der Waals surface area contributed by atoms with Crippen molar-refractivity contribution in [3.63, 3.8) is 0 Å². The molecule has 0 amide bonds. The van der Waals surface area contributed by atoms with E-state index in [9.17, 15) is 0 Å². The minimum Gasteiger partial charge on any atom is -0.482 e. The highest BCUT2D eigenvalue weighted by Crippen LogP contribution is 2.16. The van der Waals surface area contributed by atoms with Gasteiger partial charge in [-0.2, -0.15) is 5.10 Å². The fourth-order valence-electron chi connectivity index (χ4n) is 1.61. The highest BCUT2D eigenvalue weighted by Gasteiger charge is 2.07. The first-order valence-electron chi connectivity index (χ1n) is 5.66. The summed E-state index contributed by atoms with van der Waals surface area (Å²) in [7, 11) is 0. The SMILES string of the molecule is CCn1cc(OCc2cc(CN)c(C)o2)cn1. The summed E-state index contributed by atoms with van der Waals surface area (Å²) in [6, 6.07) is 1.93. The zero-order chi connectivity index (χ0) is 12.3. The van der Waals surface area contributed by atoms with Gasteiger partial charge in [0.2, 0.25) is 0 Å². The fourth-order valence-corrected chi connectivity index (χ4v) is 1.61. The van der Waals surface area contributed by atoms with Crippen LogP contribution in [0.2, 0.25) is 0 Å². The summed E-state index contributed by atoms with van der Waals surface area (Å²) in [4.78, 5) is 0.